The van der Waals surface area contributed by atoms with E-state index >= 15 is 0 Å². The number of cyclic esters (lactones) is 1. The third-order valence-corrected chi connectivity index (χ3v) is 9.77. The first-order valence-electron chi connectivity index (χ1n) is 11.0. The molecule has 4 aliphatic carbocycles. The first-order valence-corrected chi connectivity index (χ1v) is 11.0. The zero-order chi connectivity index (χ0) is 18.1. The molecule has 8 atom stereocenters. The monoisotopic (exact) mass is 358 g/mol. The van der Waals surface area contributed by atoms with Crippen molar-refractivity contribution >= 4 is 5.97 Å². The van der Waals surface area contributed by atoms with Crippen molar-refractivity contribution in [3.8, 4) is 0 Å². The second-order valence-corrected chi connectivity index (χ2v) is 10.6. The summed E-state index contributed by atoms with van der Waals surface area (Å²) in [6.07, 6.45) is 12.9. The highest BCUT2D eigenvalue weighted by atomic mass is 16.5. The maximum Gasteiger partial charge on any atom is 0.331 e. The number of carbonyl (C=O) groups excluding carboxylic acids is 1. The van der Waals surface area contributed by atoms with Gasteiger partial charge in [0.05, 0.1) is 6.10 Å². The SMILES string of the molecule is CC12CCC(O)CC1CCC1C2CCC2(C)C(C3=CC(=O)OC3)CCC12. The molecular formula is C23H34O3. The number of ether oxygens (including phenoxy) is 1. The minimum Gasteiger partial charge on any atom is -0.458 e. The number of carbonyl (C=O) groups is 1. The topological polar surface area (TPSA) is 46.5 Å². The van der Waals surface area contributed by atoms with E-state index in [1.807, 2.05) is 0 Å². The van der Waals surface area contributed by atoms with Gasteiger partial charge in [0.1, 0.15) is 6.61 Å². The standard InChI is InChI=1S/C23H34O3/c1-22-9-7-16(24)12-15(22)3-4-17-19-6-5-18(14-11-21(25)26-13-14)23(19,2)10-8-20(17)22/h11,15-20,24H,3-10,12-13H2,1-2H3. The molecule has 0 aromatic rings. The van der Waals surface area contributed by atoms with Crippen LogP contribution in [-0.2, 0) is 9.53 Å². The van der Waals surface area contributed by atoms with E-state index in [-0.39, 0.29) is 12.1 Å². The van der Waals surface area contributed by atoms with E-state index in [2.05, 4.69) is 13.8 Å². The molecule has 4 fully saturated rings. The van der Waals surface area contributed by atoms with Crippen molar-refractivity contribution in [3.05, 3.63) is 11.6 Å². The molecule has 3 heteroatoms. The summed E-state index contributed by atoms with van der Waals surface area (Å²) in [6, 6.07) is 0. The summed E-state index contributed by atoms with van der Waals surface area (Å²) in [4.78, 5) is 11.6. The Morgan fingerprint density at radius 1 is 1.00 bits per heavy atom. The van der Waals surface area contributed by atoms with E-state index in [0.717, 1.165) is 36.5 Å². The summed E-state index contributed by atoms with van der Waals surface area (Å²) in [5.41, 5.74) is 2.09. The van der Waals surface area contributed by atoms with E-state index in [1.54, 1.807) is 6.08 Å². The average molecular weight is 359 g/mol. The van der Waals surface area contributed by atoms with E-state index in [0.29, 0.717) is 23.4 Å². The lowest BCUT2D eigenvalue weighted by atomic mass is 9.44. The van der Waals surface area contributed by atoms with Crippen molar-refractivity contribution in [2.24, 2.45) is 40.4 Å². The largest absolute Gasteiger partial charge is 0.458 e. The van der Waals surface area contributed by atoms with Crippen LogP contribution in [0.2, 0.25) is 0 Å². The van der Waals surface area contributed by atoms with Crippen LogP contribution in [-0.4, -0.2) is 23.8 Å². The van der Waals surface area contributed by atoms with Gasteiger partial charge >= 0.3 is 5.97 Å². The van der Waals surface area contributed by atoms with Crippen LogP contribution in [0.25, 0.3) is 0 Å². The molecule has 5 aliphatic rings. The Hall–Kier alpha value is -0.830. The Morgan fingerprint density at radius 2 is 1.77 bits per heavy atom. The quantitative estimate of drug-likeness (QED) is 0.703. The van der Waals surface area contributed by atoms with Crippen molar-refractivity contribution in [1.82, 2.24) is 0 Å². The van der Waals surface area contributed by atoms with Crippen LogP contribution in [0.15, 0.2) is 11.6 Å². The van der Waals surface area contributed by atoms with E-state index < -0.39 is 0 Å². The number of hydrogen-bond donors (Lipinski definition) is 1. The molecule has 0 aromatic carbocycles. The van der Waals surface area contributed by atoms with Crippen molar-refractivity contribution in [2.45, 2.75) is 77.7 Å². The predicted molar refractivity (Wildman–Crippen MR) is 100 cm³/mol. The van der Waals surface area contributed by atoms with E-state index in [4.69, 9.17) is 4.74 Å². The summed E-state index contributed by atoms with van der Waals surface area (Å²) in [5.74, 6) is 3.67. The van der Waals surface area contributed by atoms with Gasteiger partial charge in [-0.05, 0) is 104 Å². The fourth-order valence-corrected chi connectivity index (χ4v) is 8.43. The van der Waals surface area contributed by atoms with Crippen molar-refractivity contribution in [1.29, 1.82) is 0 Å². The second kappa shape index (κ2) is 5.83. The Balaban J connectivity index is 1.41. The number of hydrogen-bond acceptors (Lipinski definition) is 3. The van der Waals surface area contributed by atoms with Crippen LogP contribution < -0.4 is 0 Å². The van der Waals surface area contributed by atoms with Crippen LogP contribution in [0.3, 0.4) is 0 Å². The molecule has 3 nitrogen and oxygen atoms in total. The average Bonchev–Trinajstić information content (AvgIpc) is 3.18. The van der Waals surface area contributed by atoms with Gasteiger partial charge in [-0.15, -0.1) is 0 Å². The van der Waals surface area contributed by atoms with Gasteiger partial charge < -0.3 is 9.84 Å². The molecule has 0 aromatic heterocycles. The number of rotatable bonds is 1. The number of aliphatic hydroxyl groups is 1. The summed E-state index contributed by atoms with van der Waals surface area (Å²) in [6.45, 7) is 5.62. The molecule has 0 bridgehead atoms. The highest BCUT2D eigenvalue weighted by Gasteiger charge is 2.60. The Labute approximate surface area is 157 Å². The molecule has 26 heavy (non-hydrogen) atoms. The molecule has 1 aliphatic heterocycles. The third kappa shape index (κ3) is 2.31. The molecule has 4 saturated carbocycles. The maximum absolute atomic E-state index is 11.6. The van der Waals surface area contributed by atoms with Crippen LogP contribution in [0.5, 0.6) is 0 Å². The van der Waals surface area contributed by atoms with Gasteiger partial charge in [0, 0.05) is 6.08 Å². The van der Waals surface area contributed by atoms with Gasteiger partial charge in [-0.2, -0.15) is 0 Å². The Morgan fingerprint density at radius 3 is 2.54 bits per heavy atom. The van der Waals surface area contributed by atoms with Gasteiger partial charge in [-0.1, -0.05) is 13.8 Å². The normalized spacial score (nSPS) is 53.3. The van der Waals surface area contributed by atoms with Gasteiger partial charge in [0.2, 0.25) is 0 Å². The van der Waals surface area contributed by atoms with Crippen LogP contribution in [0, 0.1) is 40.4 Å². The van der Waals surface area contributed by atoms with Crippen molar-refractivity contribution in [3.63, 3.8) is 0 Å². The molecule has 8 unspecified atom stereocenters. The fraction of sp³-hybridized carbons (Fsp3) is 0.870. The first-order chi connectivity index (χ1) is 12.4. The first kappa shape index (κ1) is 17.3. The van der Waals surface area contributed by atoms with Gasteiger partial charge in [0.15, 0.2) is 0 Å². The molecular weight excluding hydrogens is 324 g/mol. The van der Waals surface area contributed by atoms with E-state index in [1.165, 1.54) is 50.5 Å². The Kier molecular flexibility index (Phi) is 3.88. The molecule has 0 amide bonds. The Bertz CT molecular complexity index is 639. The van der Waals surface area contributed by atoms with Gasteiger partial charge in [0.25, 0.3) is 0 Å². The lowest BCUT2D eigenvalue weighted by molar-refractivity contribution is -0.135. The maximum atomic E-state index is 11.6. The lowest BCUT2D eigenvalue weighted by Gasteiger charge is -2.61. The minimum absolute atomic E-state index is 0.0545. The molecule has 0 spiro atoms. The fourth-order valence-electron chi connectivity index (χ4n) is 8.43. The van der Waals surface area contributed by atoms with Crippen molar-refractivity contribution in [2.75, 3.05) is 6.61 Å². The zero-order valence-electron chi connectivity index (χ0n) is 16.4. The summed E-state index contributed by atoms with van der Waals surface area (Å²) in [5, 5.41) is 10.2. The van der Waals surface area contributed by atoms with Crippen LogP contribution in [0.4, 0.5) is 0 Å². The number of esters is 1. The highest BCUT2D eigenvalue weighted by Crippen LogP contribution is 2.68. The predicted octanol–water partition coefficient (Wildman–Crippen LogP) is 4.49. The third-order valence-electron chi connectivity index (χ3n) is 9.77. The van der Waals surface area contributed by atoms with Crippen molar-refractivity contribution < 1.29 is 14.6 Å². The lowest BCUT2D eigenvalue weighted by Crippen LogP contribution is -2.54. The minimum atomic E-state index is -0.130. The highest BCUT2D eigenvalue weighted by molar-refractivity contribution is 5.85. The molecule has 1 N–H and O–H groups in total. The van der Waals surface area contributed by atoms with Crippen LogP contribution in [0.1, 0.15) is 71.6 Å². The van der Waals surface area contributed by atoms with Gasteiger partial charge in [-0.25, -0.2) is 4.79 Å². The zero-order valence-corrected chi connectivity index (χ0v) is 16.4. The van der Waals surface area contributed by atoms with Gasteiger partial charge in [-0.3, -0.25) is 0 Å². The summed E-state index contributed by atoms with van der Waals surface area (Å²) in [7, 11) is 0. The number of aliphatic hydroxyl groups excluding tert-OH is 1. The molecule has 0 radical (unpaired) electrons. The molecule has 5 rings (SSSR count). The smallest absolute Gasteiger partial charge is 0.331 e. The molecule has 0 saturated heterocycles. The number of fused-ring (bicyclic) bond motifs is 5. The molecule has 144 valence electrons. The van der Waals surface area contributed by atoms with E-state index in [9.17, 15) is 9.90 Å². The second-order valence-electron chi connectivity index (χ2n) is 10.6. The molecule has 1 heterocycles. The van der Waals surface area contributed by atoms with Crippen LogP contribution >= 0.6 is 0 Å². The summed E-state index contributed by atoms with van der Waals surface area (Å²) >= 11 is 0. The summed E-state index contributed by atoms with van der Waals surface area (Å²) < 4.78 is 5.25.